The van der Waals surface area contributed by atoms with Gasteiger partial charge >= 0.3 is 0 Å². The molecule has 0 saturated carbocycles. The van der Waals surface area contributed by atoms with Crippen LogP contribution < -0.4 is 0 Å². The molecule has 0 bridgehead atoms. The number of aromatic nitrogens is 2. The molecule has 1 N–H and O–H groups in total. The van der Waals surface area contributed by atoms with Crippen molar-refractivity contribution in [3.05, 3.63) is 23.0 Å². The summed E-state index contributed by atoms with van der Waals surface area (Å²) in [5, 5.41) is 13.4. The third-order valence-electron chi connectivity index (χ3n) is 2.32. The predicted octanol–water partition coefficient (Wildman–Crippen LogP) is 1.76. The Hall–Kier alpha value is -1.09. The molecule has 1 heterocycles. The molecule has 1 aromatic rings. The minimum atomic E-state index is 0.117. The zero-order chi connectivity index (χ0) is 10.7. The summed E-state index contributed by atoms with van der Waals surface area (Å²) in [5.74, 6) is 0.375. The molecule has 0 saturated heterocycles. The maximum absolute atomic E-state index is 9.16. The van der Waals surface area contributed by atoms with Gasteiger partial charge in [-0.15, -0.1) is 0 Å². The van der Waals surface area contributed by atoms with Crippen molar-refractivity contribution in [3.8, 4) is 0 Å². The Morgan fingerprint density at radius 1 is 1.64 bits per heavy atom. The first-order valence-corrected chi connectivity index (χ1v) is 4.86. The van der Waals surface area contributed by atoms with Crippen LogP contribution in [0.3, 0.4) is 0 Å². The Balaban J connectivity index is 3.00. The number of aliphatic hydroxyl groups is 1. The molecule has 78 valence electrons. The fourth-order valence-electron chi connectivity index (χ4n) is 1.35. The van der Waals surface area contributed by atoms with Crippen molar-refractivity contribution in [2.45, 2.75) is 20.8 Å². The zero-order valence-electron chi connectivity index (χ0n) is 9.28. The van der Waals surface area contributed by atoms with Gasteiger partial charge < -0.3 is 5.11 Å². The predicted molar refractivity (Wildman–Crippen MR) is 57.8 cm³/mol. The SMILES string of the molecule is Cc1nn(C)cc1C=C(CO)C(C)C. The molecular formula is C11H18N2O. The Labute approximate surface area is 85.1 Å². The number of rotatable bonds is 3. The summed E-state index contributed by atoms with van der Waals surface area (Å²) < 4.78 is 1.79. The molecule has 0 fully saturated rings. The normalized spacial score (nSPS) is 12.6. The van der Waals surface area contributed by atoms with Gasteiger partial charge in [-0.05, 0) is 24.5 Å². The summed E-state index contributed by atoms with van der Waals surface area (Å²) in [6.07, 6.45) is 3.99. The van der Waals surface area contributed by atoms with E-state index in [9.17, 15) is 0 Å². The first-order chi connectivity index (χ1) is 6.54. The third-order valence-corrected chi connectivity index (χ3v) is 2.32. The topological polar surface area (TPSA) is 38.0 Å². The second kappa shape index (κ2) is 4.42. The van der Waals surface area contributed by atoms with Crippen LogP contribution in [0.1, 0.15) is 25.1 Å². The summed E-state index contributed by atoms with van der Waals surface area (Å²) in [4.78, 5) is 0. The number of aliphatic hydroxyl groups excluding tert-OH is 1. The molecular weight excluding hydrogens is 176 g/mol. The molecule has 0 aliphatic carbocycles. The van der Waals surface area contributed by atoms with Crippen molar-refractivity contribution < 1.29 is 5.11 Å². The average molecular weight is 194 g/mol. The second-order valence-corrected chi connectivity index (χ2v) is 3.88. The minimum Gasteiger partial charge on any atom is -0.392 e. The van der Waals surface area contributed by atoms with Gasteiger partial charge in [0.2, 0.25) is 0 Å². The molecule has 0 spiro atoms. The molecule has 0 amide bonds. The highest BCUT2D eigenvalue weighted by atomic mass is 16.3. The lowest BCUT2D eigenvalue weighted by molar-refractivity contribution is 0.320. The quantitative estimate of drug-likeness (QED) is 0.796. The standard InChI is InChI=1S/C11H18N2O/c1-8(2)11(7-14)5-10-6-13(4)12-9(10)3/h5-6,8,14H,7H2,1-4H3. The summed E-state index contributed by atoms with van der Waals surface area (Å²) in [6.45, 7) is 6.24. The highest BCUT2D eigenvalue weighted by Crippen LogP contribution is 2.15. The number of nitrogens with zero attached hydrogens (tertiary/aromatic N) is 2. The Morgan fingerprint density at radius 2 is 2.29 bits per heavy atom. The van der Waals surface area contributed by atoms with E-state index in [1.807, 2.05) is 26.2 Å². The van der Waals surface area contributed by atoms with Gasteiger partial charge in [0.1, 0.15) is 0 Å². The van der Waals surface area contributed by atoms with E-state index in [0.717, 1.165) is 16.8 Å². The zero-order valence-corrected chi connectivity index (χ0v) is 9.28. The highest BCUT2D eigenvalue weighted by Gasteiger charge is 2.05. The monoisotopic (exact) mass is 194 g/mol. The van der Waals surface area contributed by atoms with E-state index in [2.05, 4.69) is 18.9 Å². The molecule has 0 aliphatic heterocycles. The van der Waals surface area contributed by atoms with E-state index < -0.39 is 0 Å². The van der Waals surface area contributed by atoms with Gasteiger partial charge in [-0.2, -0.15) is 5.10 Å². The van der Waals surface area contributed by atoms with Gasteiger partial charge in [0.25, 0.3) is 0 Å². The molecule has 0 unspecified atom stereocenters. The van der Waals surface area contributed by atoms with Gasteiger partial charge in [-0.3, -0.25) is 4.68 Å². The minimum absolute atomic E-state index is 0.117. The smallest absolute Gasteiger partial charge is 0.0665 e. The lowest BCUT2D eigenvalue weighted by atomic mass is 10.0. The van der Waals surface area contributed by atoms with Crippen molar-refractivity contribution in [1.29, 1.82) is 0 Å². The molecule has 14 heavy (non-hydrogen) atoms. The van der Waals surface area contributed by atoms with Gasteiger partial charge in [-0.25, -0.2) is 0 Å². The summed E-state index contributed by atoms with van der Waals surface area (Å²) in [5.41, 5.74) is 3.13. The van der Waals surface area contributed by atoms with E-state index in [4.69, 9.17) is 5.11 Å². The van der Waals surface area contributed by atoms with Crippen molar-refractivity contribution in [3.63, 3.8) is 0 Å². The van der Waals surface area contributed by atoms with Crippen molar-refractivity contribution >= 4 is 6.08 Å². The van der Waals surface area contributed by atoms with Crippen molar-refractivity contribution in [2.24, 2.45) is 13.0 Å². The molecule has 1 aromatic heterocycles. The third kappa shape index (κ3) is 2.45. The van der Waals surface area contributed by atoms with Crippen LogP contribution in [-0.4, -0.2) is 21.5 Å². The fourth-order valence-corrected chi connectivity index (χ4v) is 1.35. The Kier molecular flexibility index (Phi) is 3.47. The van der Waals surface area contributed by atoms with E-state index in [-0.39, 0.29) is 6.61 Å². The molecule has 3 nitrogen and oxygen atoms in total. The molecule has 1 rings (SSSR count). The van der Waals surface area contributed by atoms with Gasteiger partial charge in [0, 0.05) is 18.8 Å². The van der Waals surface area contributed by atoms with E-state index >= 15 is 0 Å². The lowest BCUT2D eigenvalue weighted by Crippen LogP contribution is -1.98. The van der Waals surface area contributed by atoms with Gasteiger partial charge in [0.15, 0.2) is 0 Å². The first-order valence-electron chi connectivity index (χ1n) is 4.86. The van der Waals surface area contributed by atoms with Gasteiger partial charge in [-0.1, -0.05) is 13.8 Å². The largest absolute Gasteiger partial charge is 0.392 e. The maximum Gasteiger partial charge on any atom is 0.0665 e. The highest BCUT2D eigenvalue weighted by molar-refractivity contribution is 5.54. The molecule has 0 aromatic carbocycles. The van der Waals surface area contributed by atoms with Crippen molar-refractivity contribution in [1.82, 2.24) is 9.78 Å². The average Bonchev–Trinajstić information content (AvgIpc) is 2.40. The van der Waals surface area contributed by atoms with Crippen LogP contribution in [0.15, 0.2) is 11.8 Å². The van der Waals surface area contributed by atoms with E-state index in [1.54, 1.807) is 4.68 Å². The molecule has 0 radical (unpaired) electrons. The fraction of sp³-hybridized carbons (Fsp3) is 0.545. The Morgan fingerprint density at radius 3 is 2.64 bits per heavy atom. The number of hydrogen-bond donors (Lipinski definition) is 1. The maximum atomic E-state index is 9.16. The van der Waals surface area contributed by atoms with Crippen LogP contribution in [-0.2, 0) is 7.05 Å². The van der Waals surface area contributed by atoms with Crippen LogP contribution >= 0.6 is 0 Å². The lowest BCUT2D eigenvalue weighted by Gasteiger charge is -2.06. The summed E-state index contributed by atoms with van der Waals surface area (Å²) in [6, 6.07) is 0. The molecule has 0 atom stereocenters. The summed E-state index contributed by atoms with van der Waals surface area (Å²) in [7, 11) is 1.90. The van der Waals surface area contributed by atoms with Crippen LogP contribution in [0.5, 0.6) is 0 Å². The van der Waals surface area contributed by atoms with Crippen LogP contribution in [0.25, 0.3) is 6.08 Å². The number of aryl methyl sites for hydroxylation is 2. The second-order valence-electron chi connectivity index (χ2n) is 3.88. The van der Waals surface area contributed by atoms with Crippen LogP contribution in [0.4, 0.5) is 0 Å². The number of hydrogen-bond acceptors (Lipinski definition) is 2. The van der Waals surface area contributed by atoms with Crippen LogP contribution in [0.2, 0.25) is 0 Å². The Bertz CT molecular complexity index is 337. The van der Waals surface area contributed by atoms with Gasteiger partial charge in [0.05, 0.1) is 12.3 Å². The van der Waals surface area contributed by atoms with Crippen molar-refractivity contribution in [2.75, 3.05) is 6.61 Å². The van der Waals surface area contributed by atoms with Crippen LogP contribution in [0, 0.1) is 12.8 Å². The van der Waals surface area contributed by atoms with E-state index in [1.165, 1.54) is 0 Å². The molecule has 0 aliphatic rings. The molecule has 3 heteroatoms. The summed E-state index contributed by atoms with van der Waals surface area (Å²) >= 11 is 0. The first kappa shape index (κ1) is 11.0. The van der Waals surface area contributed by atoms with E-state index in [0.29, 0.717) is 5.92 Å².